The number of carboxylic acids is 1. The Kier molecular flexibility index (Phi) is 5.31. The van der Waals surface area contributed by atoms with Crippen LogP contribution in [0.25, 0.3) is 0 Å². The van der Waals surface area contributed by atoms with Gasteiger partial charge in [-0.25, -0.2) is 0 Å². The SMILES string of the molecule is Cc1ccccc1.O=C(O)CN1CCc2ccccc2C1=O. The van der Waals surface area contributed by atoms with Crippen molar-refractivity contribution in [2.24, 2.45) is 0 Å². The van der Waals surface area contributed by atoms with Crippen LogP contribution in [-0.4, -0.2) is 35.0 Å². The zero-order valence-corrected chi connectivity index (χ0v) is 12.5. The molecular formula is C18H19NO3. The first-order valence-electron chi connectivity index (χ1n) is 7.18. The molecule has 0 saturated heterocycles. The fourth-order valence-electron chi connectivity index (χ4n) is 2.32. The number of hydrogen-bond acceptors (Lipinski definition) is 2. The van der Waals surface area contributed by atoms with E-state index < -0.39 is 5.97 Å². The first-order chi connectivity index (χ1) is 10.6. The van der Waals surface area contributed by atoms with Crippen LogP contribution in [0.5, 0.6) is 0 Å². The van der Waals surface area contributed by atoms with E-state index in [9.17, 15) is 9.59 Å². The summed E-state index contributed by atoms with van der Waals surface area (Å²) in [6.45, 7) is 2.36. The summed E-state index contributed by atoms with van der Waals surface area (Å²) >= 11 is 0. The molecule has 1 N–H and O–H groups in total. The maximum atomic E-state index is 11.8. The lowest BCUT2D eigenvalue weighted by atomic mass is 9.99. The minimum atomic E-state index is -0.970. The summed E-state index contributed by atoms with van der Waals surface area (Å²) in [5.74, 6) is -1.15. The highest BCUT2D eigenvalue weighted by Gasteiger charge is 2.24. The van der Waals surface area contributed by atoms with Crippen molar-refractivity contribution in [2.75, 3.05) is 13.1 Å². The normalized spacial score (nSPS) is 13.0. The minimum Gasteiger partial charge on any atom is -0.480 e. The molecule has 1 aliphatic rings. The van der Waals surface area contributed by atoms with E-state index >= 15 is 0 Å². The molecule has 1 aliphatic heterocycles. The van der Waals surface area contributed by atoms with Crippen LogP contribution in [-0.2, 0) is 11.2 Å². The van der Waals surface area contributed by atoms with Crippen molar-refractivity contribution in [1.82, 2.24) is 4.90 Å². The predicted molar refractivity (Wildman–Crippen MR) is 84.9 cm³/mol. The van der Waals surface area contributed by atoms with Gasteiger partial charge in [-0.2, -0.15) is 0 Å². The molecule has 0 radical (unpaired) electrons. The third-order valence-electron chi connectivity index (χ3n) is 3.45. The molecule has 0 unspecified atom stereocenters. The molecule has 2 aromatic rings. The van der Waals surface area contributed by atoms with E-state index in [1.165, 1.54) is 10.5 Å². The van der Waals surface area contributed by atoms with Crippen molar-refractivity contribution in [2.45, 2.75) is 13.3 Å². The summed E-state index contributed by atoms with van der Waals surface area (Å²) < 4.78 is 0. The molecule has 0 atom stereocenters. The van der Waals surface area contributed by atoms with Gasteiger partial charge in [0.2, 0.25) is 0 Å². The maximum absolute atomic E-state index is 11.8. The topological polar surface area (TPSA) is 57.6 Å². The Hall–Kier alpha value is -2.62. The number of carbonyl (C=O) groups excluding carboxylic acids is 1. The lowest BCUT2D eigenvalue weighted by molar-refractivity contribution is -0.137. The number of amides is 1. The van der Waals surface area contributed by atoms with E-state index in [0.29, 0.717) is 12.1 Å². The van der Waals surface area contributed by atoms with Crippen molar-refractivity contribution >= 4 is 11.9 Å². The summed E-state index contributed by atoms with van der Waals surface area (Å²) in [6, 6.07) is 17.6. The van der Waals surface area contributed by atoms with Gasteiger partial charge in [0.05, 0.1) is 0 Å². The van der Waals surface area contributed by atoms with Crippen LogP contribution in [0.4, 0.5) is 0 Å². The maximum Gasteiger partial charge on any atom is 0.323 e. The quantitative estimate of drug-likeness (QED) is 0.927. The lowest BCUT2D eigenvalue weighted by Gasteiger charge is -2.26. The van der Waals surface area contributed by atoms with Gasteiger partial charge < -0.3 is 10.0 Å². The Bertz CT molecular complexity index is 652. The van der Waals surface area contributed by atoms with Crippen molar-refractivity contribution in [3.8, 4) is 0 Å². The number of carbonyl (C=O) groups is 2. The second-order valence-electron chi connectivity index (χ2n) is 5.18. The number of benzene rings is 2. The van der Waals surface area contributed by atoms with E-state index in [1.807, 2.05) is 30.3 Å². The number of aryl methyl sites for hydroxylation is 1. The molecule has 114 valence electrons. The van der Waals surface area contributed by atoms with Gasteiger partial charge in [-0.15, -0.1) is 0 Å². The van der Waals surface area contributed by atoms with Crippen molar-refractivity contribution in [3.63, 3.8) is 0 Å². The summed E-state index contributed by atoms with van der Waals surface area (Å²) in [6.07, 6.45) is 0.731. The Morgan fingerprint density at radius 2 is 1.73 bits per heavy atom. The number of carboxylic acid groups (broad SMARTS) is 1. The second kappa shape index (κ2) is 7.41. The minimum absolute atomic E-state index is 0.181. The Morgan fingerprint density at radius 1 is 1.09 bits per heavy atom. The van der Waals surface area contributed by atoms with Gasteiger partial charge in [0.25, 0.3) is 5.91 Å². The van der Waals surface area contributed by atoms with Crippen LogP contribution in [0.2, 0.25) is 0 Å². The van der Waals surface area contributed by atoms with Crippen LogP contribution in [0.15, 0.2) is 54.6 Å². The average Bonchev–Trinajstić information content (AvgIpc) is 2.51. The van der Waals surface area contributed by atoms with Gasteiger partial charge >= 0.3 is 5.97 Å². The Balaban J connectivity index is 0.000000211. The smallest absolute Gasteiger partial charge is 0.323 e. The van der Waals surface area contributed by atoms with E-state index in [2.05, 4.69) is 19.1 Å². The number of fused-ring (bicyclic) bond motifs is 1. The Labute approximate surface area is 130 Å². The molecule has 0 bridgehead atoms. The van der Waals surface area contributed by atoms with Crippen molar-refractivity contribution in [1.29, 1.82) is 0 Å². The number of hydrogen-bond donors (Lipinski definition) is 1. The summed E-state index contributed by atoms with van der Waals surface area (Å²) in [5.41, 5.74) is 2.96. The molecule has 1 amide bonds. The van der Waals surface area contributed by atoms with Crippen LogP contribution in [0, 0.1) is 6.92 Å². The van der Waals surface area contributed by atoms with E-state index in [-0.39, 0.29) is 12.5 Å². The second-order valence-corrected chi connectivity index (χ2v) is 5.18. The summed E-state index contributed by atoms with van der Waals surface area (Å²) in [7, 11) is 0. The molecule has 2 aromatic carbocycles. The number of rotatable bonds is 2. The van der Waals surface area contributed by atoms with Crippen molar-refractivity contribution in [3.05, 3.63) is 71.3 Å². The number of aliphatic carboxylic acids is 1. The Morgan fingerprint density at radius 3 is 2.32 bits per heavy atom. The fraction of sp³-hybridized carbons (Fsp3) is 0.222. The largest absolute Gasteiger partial charge is 0.480 e. The van der Waals surface area contributed by atoms with Gasteiger partial charge in [-0.3, -0.25) is 9.59 Å². The van der Waals surface area contributed by atoms with Gasteiger partial charge in [0, 0.05) is 12.1 Å². The molecule has 3 rings (SSSR count). The fourth-order valence-corrected chi connectivity index (χ4v) is 2.32. The summed E-state index contributed by atoms with van der Waals surface area (Å²) in [5, 5.41) is 8.64. The molecule has 1 heterocycles. The third kappa shape index (κ3) is 4.19. The molecule has 0 aromatic heterocycles. The molecule has 0 saturated carbocycles. The lowest BCUT2D eigenvalue weighted by Crippen LogP contribution is -2.40. The predicted octanol–water partition coefficient (Wildman–Crippen LogP) is 2.76. The van der Waals surface area contributed by atoms with Crippen LogP contribution in [0.3, 0.4) is 0 Å². The van der Waals surface area contributed by atoms with Gasteiger partial charge in [0.1, 0.15) is 6.54 Å². The molecule has 22 heavy (non-hydrogen) atoms. The van der Waals surface area contributed by atoms with Gasteiger partial charge in [-0.05, 0) is 25.0 Å². The van der Waals surface area contributed by atoms with Crippen LogP contribution in [0.1, 0.15) is 21.5 Å². The van der Waals surface area contributed by atoms with E-state index in [0.717, 1.165) is 12.0 Å². The third-order valence-corrected chi connectivity index (χ3v) is 3.45. The van der Waals surface area contributed by atoms with Crippen LogP contribution < -0.4 is 0 Å². The molecule has 4 nitrogen and oxygen atoms in total. The molecular weight excluding hydrogens is 278 g/mol. The van der Waals surface area contributed by atoms with E-state index in [4.69, 9.17) is 5.11 Å². The van der Waals surface area contributed by atoms with Gasteiger partial charge in [-0.1, -0.05) is 54.1 Å². The molecule has 0 aliphatic carbocycles. The highest BCUT2D eigenvalue weighted by Crippen LogP contribution is 2.17. The monoisotopic (exact) mass is 297 g/mol. The average molecular weight is 297 g/mol. The zero-order valence-electron chi connectivity index (χ0n) is 12.5. The van der Waals surface area contributed by atoms with E-state index in [1.54, 1.807) is 12.1 Å². The number of nitrogens with zero attached hydrogens (tertiary/aromatic N) is 1. The standard InChI is InChI=1S/C11H11NO3.C7H8/c13-10(14)7-12-6-5-8-3-1-2-4-9(8)11(12)15;1-7-5-3-2-4-6-7/h1-4H,5-7H2,(H,13,14);2-6H,1H3. The molecule has 0 spiro atoms. The van der Waals surface area contributed by atoms with Crippen molar-refractivity contribution < 1.29 is 14.7 Å². The highest BCUT2D eigenvalue weighted by molar-refractivity contribution is 5.98. The first-order valence-corrected chi connectivity index (χ1v) is 7.18. The van der Waals surface area contributed by atoms with Crippen LogP contribution >= 0.6 is 0 Å². The van der Waals surface area contributed by atoms with Gasteiger partial charge in [0.15, 0.2) is 0 Å². The first kappa shape index (κ1) is 15.8. The zero-order chi connectivity index (χ0) is 15.9. The molecule has 4 heteroatoms. The molecule has 0 fully saturated rings. The summed E-state index contributed by atoms with van der Waals surface area (Å²) in [4.78, 5) is 23.7. The highest BCUT2D eigenvalue weighted by atomic mass is 16.4.